The summed E-state index contributed by atoms with van der Waals surface area (Å²) in [5, 5.41) is 9.44. The second kappa shape index (κ2) is 13.9. The Morgan fingerprint density at radius 2 is 1.57 bits per heavy atom. The predicted molar refractivity (Wildman–Crippen MR) is 211 cm³/mol. The molecule has 5 aliphatic carbocycles. The van der Waals surface area contributed by atoms with Crippen molar-refractivity contribution in [2.45, 2.75) is 151 Å². The van der Waals surface area contributed by atoms with Gasteiger partial charge in [-0.15, -0.1) is 0 Å². The lowest BCUT2D eigenvalue weighted by molar-refractivity contribution is -0.854. The smallest absolute Gasteiger partial charge is 0.414 e. The molecule has 8 nitrogen and oxygen atoms in total. The van der Waals surface area contributed by atoms with Crippen LogP contribution in [0.3, 0.4) is 0 Å². The zero-order valence-corrected chi connectivity index (χ0v) is 35.2. The molecule has 6 aliphatic rings. The summed E-state index contributed by atoms with van der Waals surface area (Å²) >= 11 is 0. The van der Waals surface area contributed by atoms with E-state index >= 15 is 0 Å². The Bertz CT molecular complexity index is 1450. The number of quaternary nitrogens is 1. The van der Waals surface area contributed by atoms with Gasteiger partial charge in [-0.05, 0) is 142 Å². The molecule has 1 saturated heterocycles. The molecule has 0 aromatic heterocycles. The van der Waals surface area contributed by atoms with E-state index in [2.05, 4.69) is 67.0 Å². The van der Waals surface area contributed by atoms with Gasteiger partial charge in [-0.1, -0.05) is 60.6 Å². The van der Waals surface area contributed by atoms with Crippen molar-refractivity contribution in [3.8, 4) is 0 Å². The first-order valence-electron chi connectivity index (χ1n) is 21.5. The molecular weight excluding hydrogens is 663 g/mol. The number of amides is 2. The van der Waals surface area contributed by atoms with E-state index in [0.717, 1.165) is 50.6 Å². The number of rotatable bonds is 10. The molecule has 53 heavy (non-hydrogen) atoms. The van der Waals surface area contributed by atoms with Crippen molar-refractivity contribution in [3.05, 3.63) is 12.2 Å². The number of ether oxygens (including phenoxy) is 1. The summed E-state index contributed by atoms with van der Waals surface area (Å²) in [5.74, 6) is 1.67. The predicted octanol–water partition coefficient (Wildman–Crippen LogP) is 9.07. The van der Waals surface area contributed by atoms with E-state index in [1.54, 1.807) is 0 Å². The Morgan fingerprint density at radius 3 is 2.19 bits per heavy atom. The Kier molecular flexibility index (Phi) is 10.7. The van der Waals surface area contributed by atoms with Crippen molar-refractivity contribution >= 4 is 18.0 Å². The number of carboxylic acid groups (broad SMARTS) is 1. The van der Waals surface area contributed by atoms with E-state index < -0.39 is 11.6 Å². The van der Waals surface area contributed by atoms with E-state index in [1.165, 1.54) is 50.5 Å². The van der Waals surface area contributed by atoms with E-state index in [4.69, 9.17) is 10.5 Å². The number of carboxylic acids is 1. The Hall–Kier alpha value is -1.93. The zero-order chi connectivity index (χ0) is 39.0. The lowest BCUT2D eigenvalue weighted by Crippen LogP contribution is -2.69. The number of esters is 1. The maximum Gasteiger partial charge on any atom is 0.414 e. The topological polar surface area (TPSA) is 110 Å². The minimum atomic E-state index is -0.888. The number of carbonyl (C=O) groups is 3. The molecule has 6 fully saturated rings. The van der Waals surface area contributed by atoms with E-state index in [0.29, 0.717) is 54.6 Å². The molecule has 3 N–H and O–H groups in total. The molecule has 1 heterocycles. The first-order chi connectivity index (χ1) is 24.6. The fourth-order valence-corrected chi connectivity index (χ4v) is 15.3. The van der Waals surface area contributed by atoms with Gasteiger partial charge in [0.25, 0.3) is 0 Å². The molecule has 2 amide bonds. The lowest BCUT2D eigenvalue weighted by atomic mass is 9.31. The molecular formula is C45H76N3O5+. The second-order valence-corrected chi connectivity index (χ2v) is 21.5. The highest BCUT2D eigenvalue weighted by molar-refractivity contribution is 5.72. The number of carbonyl (C=O) groups excluding carboxylic acids is 2. The summed E-state index contributed by atoms with van der Waals surface area (Å²) in [6, 6.07) is -0.256. The van der Waals surface area contributed by atoms with Gasteiger partial charge < -0.3 is 15.6 Å². The van der Waals surface area contributed by atoms with Gasteiger partial charge in [-0.25, -0.2) is 9.28 Å². The third-order valence-corrected chi connectivity index (χ3v) is 18.7. The van der Waals surface area contributed by atoms with Crippen LogP contribution in [0.1, 0.15) is 145 Å². The van der Waals surface area contributed by atoms with Crippen LogP contribution in [0.4, 0.5) is 4.79 Å². The monoisotopic (exact) mass is 739 g/mol. The number of aliphatic carboxylic acids is 1. The molecule has 0 aromatic carbocycles. The molecule has 0 radical (unpaired) electrons. The molecule has 0 aromatic rings. The Labute approximate surface area is 322 Å². The summed E-state index contributed by atoms with van der Waals surface area (Å²) in [6.45, 7) is 27.8. The van der Waals surface area contributed by atoms with Gasteiger partial charge >= 0.3 is 18.0 Å². The molecule has 11 atom stereocenters. The number of primary amides is 1. The maximum absolute atomic E-state index is 13.9. The van der Waals surface area contributed by atoms with Crippen molar-refractivity contribution in [1.29, 1.82) is 0 Å². The van der Waals surface area contributed by atoms with E-state index in [1.807, 2.05) is 6.92 Å². The highest BCUT2D eigenvalue weighted by Gasteiger charge is 2.72. The third-order valence-electron chi connectivity index (χ3n) is 18.7. The van der Waals surface area contributed by atoms with Crippen LogP contribution >= 0.6 is 0 Å². The maximum atomic E-state index is 13.9. The lowest BCUT2D eigenvalue weighted by Gasteiger charge is -2.74. The molecule has 0 bridgehead atoms. The summed E-state index contributed by atoms with van der Waals surface area (Å²) in [7, 11) is 2.09. The van der Waals surface area contributed by atoms with E-state index in [9.17, 15) is 19.5 Å². The van der Waals surface area contributed by atoms with Gasteiger partial charge in [-0.3, -0.25) is 14.5 Å². The van der Waals surface area contributed by atoms with E-state index in [-0.39, 0.29) is 51.5 Å². The standard InChI is InChI=1S/C45H75N3O5/c1-30(2)32-14-17-41(6)19-21-43(8)33(38(32)41)12-13-35-42(7)20-22-45(53-37(51)29-31(3)28-36(49)50,40(4,5)34(42)15-18-44(35,43)9)16-11-25-48(39(46)52)26-23-47(10)24-27-48/h31-35,38H,1,11-29H2,2-10H3,(H2-,46,49,50,52)/p+1/t31?,32-,33+,34-,35+,38+,41+,42-,43+,44+,45-/m0/s1. The van der Waals surface area contributed by atoms with Crippen LogP contribution in [-0.2, 0) is 14.3 Å². The number of likely N-dealkylation sites (N-methyl/N-ethyl adjacent to an activating group) is 1. The average Bonchev–Trinajstić information content (AvgIpc) is 3.41. The second-order valence-electron chi connectivity index (χ2n) is 21.5. The quantitative estimate of drug-likeness (QED) is 0.132. The molecule has 6 rings (SSSR count). The molecule has 1 unspecified atom stereocenters. The van der Waals surface area contributed by atoms with Crippen LogP contribution in [0.15, 0.2) is 12.2 Å². The van der Waals surface area contributed by atoms with Gasteiger partial charge in [0.2, 0.25) is 0 Å². The SMILES string of the molecule is C=C(C)[C@@H]1CC[C@]2(C)CC[C@]3(C)[C@H](CC[C@@H]4[C@@]5(C)CC[C@](CCC[N+]6(C(N)=O)CCN(C)CC6)(OC(=O)CC(C)CC(=O)O)C(C)(C)[C@@H]5CC[C@]43C)[C@@H]12. The average molecular weight is 739 g/mol. The zero-order valence-electron chi connectivity index (χ0n) is 35.2. The number of fused-ring (bicyclic) bond motifs is 7. The fourth-order valence-electron chi connectivity index (χ4n) is 15.3. The minimum absolute atomic E-state index is 0.0492. The number of hydrogen-bond acceptors (Lipinski definition) is 5. The van der Waals surface area contributed by atoms with Gasteiger partial charge in [-0.2, -0.15) is 0 Å². The van der Waals surface area contributed by atoms with Crippen LogP contribution < -0.4 is 5.73 Å². The summed E-state index contributed by atoms with van der Waals surface area (Å²) in [5.41, 5.74) is 7.63. The summed E-state index contributed by atoms with van der Waals surface area (Å²) in [4.78, 5) is 40.6. The first-order valence-corrected chi connectivity index (χ1v) is 21.5. The van der Waals surface area contributed by atoms with Crippen molar-refractivity contribution in [2.24, 2.45) is 68.3 Å². The molecule has 0 spiro atoms. The number of piperazine rings is 1. The normalized spacial score (nSPS) is 43.7. The van der Waals surface area contributed by atoms with Gasteiger partial charge in [0.1, 0.15) is 18.7 Å². The number of nitrogens with zero attached hydrogens (tertiary/aromatic N) is 2. The van der Waals surface area contributed by atoms with Crippen molar-refractivity contribution in [2.75, 3.05) is 39.8 Å². The van der Waals surface area contributed by atoms with Crippen LogP contribution in [0.5, 0.6) is 0 Å². The summed E-state index contributed by atoms with van der Waals surface area (Å²) < 4.78 is 7.12. The molecule has 8 heteroatoms. The molecule has 5 saturated carbocycles. The van der Waals surface area contributed by atoms with Crippen molar-refractivity contribution < 1.29 is 28.7 Å². The van der Waals surface area contributed by atoms with Crippen molar-refractivity contribution in [1.82, 2.24) is 4.90 Å². The first kappa shape index (κ1) is 40.7. The highest BCUT2D eigenvalue weighted by Crippen LogP contribution is 2.78. The molecule has 1 aliphatic heterocycles. The third kappa shape index (κ3) is 6.44. The fraction of sp³-hybridized carbons (Fsp3) is 0.889. The largest absolute Gasteiger partial charge is 0.481 e. The number of nitrogens with two attached hydrogens (primary N) is 1. The molecule has 300 valence electrons. The van der Waals surface area contributed by atoms with Crippen LogP contribution in [0.2, 0.25) is 0 Å². The van der Waals surface area contributed by atoms with Crippen LogP contribution in [0, 0.1) is 62.6 Å². The minimum Gasteiger partial charge on any atom is -0.481 e. The number of urea groups is 1. The summed E-state index contributed by atoms with van der Waals surface area (Å²) in [6.07, 6.45) is 13.6. The van der Waals surface area contributed by atoms with Crippen molar-refractivity contribution in [3.63, 3.8) is 0 Å². The number of hydrogen-bond donors (Lipinski definition) is 2. The van der Waals surface area contributed by atoms with Crippen LogP contribution in [0.25, 0.3) is 0 Å². The Balaban J connectivity index is 1.29. The van der Waals surface area contributed by atoms with Crippen LogP contribution in [-0.4, -0.2) is 77.8 Å². The highest BCUT2D eigenvalue weighted by atomic mass is 16.6. The van der Waals surface area contributed by atoms with Gasteiger partial charge in [0.05, 0.1) is 6.54 Å². The van der Waals surface area contributed by atoms with Gasteiger partial charge in [0.15, 0.2) is 0 Å². The van der Waals surface area contributed by atoms with Gasteiger partial charge in [0, 0.05) is 37.8 Å². The number of allylic oxidation sites excluding steroid dienone is 1. The Morgan fingerprint density at radius 1 is 0.887 bits per heavy atom.